The van der Waals surface area contributed by atoms with Gasteiger partial charge in [-0.05, 0) is 19.4 Å². The molecule has 0 saturated heterocycles. The van der Waals surface area contributed by atoms with Crippen molar-refractivity contribution in [2.75, 3.05) is 30.3 Å². The molecule has 1 aromatic heterocycles. The Hall–Kier alpha value is -1.00. The lowest BCUT2D eigenvalue weighted by Crippen LogP contribution is -2.25. The van der Waals surface area contributed by atoms with Crippen LogP contribution in [0.25, 0.3) is 0 Å². The summed E-state index contributed by atoms with van der Waals surface area (Å²) >= 11 is 6.04. The van der Waals surface area contributed by atoms with E-state index in [2.05, 4.69) is 4.98 Å². The first-order chi connectivity index (χ1) is 7.19. The summed E-state index contributed by atoms with van der Waals surface area (Å²) in [5.41, 5.74) is 6.12. The third kappa shape index (κ3) is 3.25. The predicted molar refractivity (Wildman–Crippen MR) is 63.2 cm³/mol. The third-order valence-corrected chi connectivity index (χ3v) is 2.39. The molecule has 3 N–H and O–H groups in total. The van der Waals surface area contributed by atoms with Gasteiger partial charge in [-0.15, -0.1) is 0 Å². The maximum absolute atomic E-state index is 8.77. The van der Waals surface area contributed by atoms with Crippen LogP contribution in [0.2, 0.25) is 5.02 Å². The van der Waals surface area contributed by atoms with Crippen LogP contribution in [0.4, 0.5) is 11.5 Å². The van der Waals surface area contributed by atoms with Crippen molar-refractivity contribution in [2.45, 2.75) is 13.3 Å². The van der Waals surface area contributed by atoms with E-state index in [1.165, 1.54) is 0 Å². The van der Waals surface area contributed by atoms with Gasteiger partial charge in [0.15, 0.2) is 0 Å². The fourth-order valence-corrected chi connectivity index (χ4v) is 1.65. The smallest absolute Gasteiger partial charge is 0.147 e. The largest absolute Gasteiger partial charge is 0.397 e. The second-order valence-corrected chi connectivity index (χ2v) is 3.64. The summed E-state index contributed by atoms with van der Waals surface area (Å²) in [5, 5.41) is 9.32. The van der Waals surface area contributed by atoms with E-state index in [9.17, 15) is 0 Å². The van der Waals surface area contributed by atoms with Crippen LogP contribution in [-0.2, 0) is 0 Å². The van der Waals surface area contributed by atoms with Gasteiger partial charge in [0.25, 0.3) is 0 Å². The number of aromatic nitrogens is 1. The summed E-state index contributed by atoms with van der Waals surface area (Å²) in [6, 6.07) is 1.69. The molecular weight excluding hydrogens is 214 g/mol. The minimum Gasteiger partial charge on any atom is -0.397 e. The molecule has 4 nitrogen and oxygen atoms in total. The fourth-order valence-electron chi connectivity index (χ4n) is 1.35. The van der Waals surface area contributed by atoms with Gasteiger partial charge in [0.2, 0.25) is 0 Å². The third-order valence-electron chi connectivity index (χ3n) is 2.11. The number of hydrogen-bond donors (Lipinski definition) is 2. The number of nitrogens with two attached hydrogens (primary N) is 1. The Morgan fingerprint density at radius 2 is 2.33 bits per heavy atom. The lowest BCUT2D eigenvalue weighted by molar-refractivity contribution is 0.289. The minimum atomic E-state index is 0.170. The second-order valence-electron chi connectivity index (χ2n) is 3.23. The predicted octanol–water partition coefficient (Wildman–Crippen LogP) is 1.53. The van der Waals surface area contributed by atoms with Crippen molar-refractivity contribution in [3.8, 4) is 0 Å². The number of rotatable bonds is 5. The van der Waals surface area contributed by atoms with E-state index < -0.39 is 0 Å². The summed E-state index contributed by atoms with van der Waals surface area (Å²) in [6.45, 7) is 3.73. The number of hydrogen-bond acceptors (Lipinski definition) is 4. The molecule has 0 aliphatic rings. The van der Waals surface area contributed by atoms with E-state index in [1.807, 2.05) is 11.8 Å². The van der Waals surface area contributed by atoms with Crippen molar-refractivity contribution < 1.29 is 5.11 Å². The Balaban J connectivity index is 2.81. The molecule has 0 saturated carbocycles. The second kappa shape index (κ2) is 5.78. The van der Waals surface area contributed by atoms with E-state index in [-0.39, 0.29) is 6.61 Å². The van der Waals surface area contributed by atoms with Gasteiger partial charge >= 0.3 is 0 Å². The minimum absolute atomic E-state index is 0.170. The molecule has 0 aliphatic heterocycles. The summed E-state index contributed by atoms with van der Waals surface area (Å²) in [6.07, 6.45) is 2.29. The van der Waals surface area contributed by atoms with E-state index in [0.717, 1.165) is 18.9 Å². The van der Waals surface area contributed by atoms with Gasteiger partial charge in [0.1, 0.15) is 5.82 Å². The molecular formula is C10H16ClN3O. The molecule has 1 heterocycles. The first-order valence-corrected chi connectivity index (χ1v) is 5.33. The molecule has 0 aromatic carbocycles. The van der Waals surface area contributed by atoms with Crippen LogP contribution in [0.3, 0.4) is 0 Å². The van der Waals surface area contributed by atoms with Crippen molar-refractivity contribution in [1.82, 2.24) is 4.98 Å². The van der Waals surface area contributed by atoms with E-state index in [4.69, 9.17) is 22.4 Å². The van der Waals surface area contributed by atoms with Crippen molar-refractivity contribution in [3.63, 3.8) is 0 Å². The molecule has 0 spiro atoms. The highest BCUT2D eigenvalue weighted by Gasteiger charge is 2.09. The van der Waals surface area contributed by atoms with Crippen LogP contribution in [0.5, 0.6) is 0 Å². The van der Waals surface area contributed by atoms with Gasteiger partial charge in [-0.25, -0.2) is 4.98 Å². The average molecular weight is 230 g/mol. The highest BCUT2D eigenvalue weighted by atomic mass is 35.5. The summed E-state index contributed by atoms with van der Waals surface area (Å²) in [4.78, 5) is 6.20. The Labute approximate surface area is 94.7 Å². The Bertz CT molecular complexity index is 320. The molecule has 0 bridgehead atoms. The fraction of sp³-hybridized carbons (Fsp3) is 0.500. The van der Waals surface area contributed by atoms with Gasteiger partial charge in [-0.1, -0.05) is 11.6 Å². The zero-order chi connectivity index (χ0) is 11.3. The molecule has 0 radical (unpaired) electrons. The molecule has 0 atom stereocenters. The van der Waals surface area contributed by atoms with Gasteiger partial charge in [-0.3, -0.25) is 0 Å². The maximum atomic E-state index is 8.77. The lowest BCUT2D eigenvalue weighted by atomic mass is 10.3. The zero-order valence-corrected chi connectivity index (χ0v) is 9.54. The SMILES string of the molecule is CCN(CCCO)c1ncc(N)cc1Cl. The monoisotopic (exact) mass is 229 g/mol. The van der Waals surface area contributed by atoms with Crippen LogP contribution in [0, 0.1) is 0 Å². The lowest BCUT2D eigenvalue weighted by Gasteiger charge is -2.22. The standard InChI is InChI=1S/C10H16ClN3O/c1-2-14(4-3-5-15)10-9(11)6-8(12)7-13-10/h6-7,15H,2-5,12H2,1H3. The first kappa shape index (κ1) is 12.1. The van der Waals surface area contributed by atoms with Gasteiger partial charge < -0.3 is 15.7 Å². The van der Waals surface area contributed by atoms with Crippen molar-refractivity contribution >= 4 is 23.1 Å². The number of aliphatic hydroxyl groups excluding tert-OH is 1. The molecule has 15 heavy (non-hydrogen) atoms. The highest BCUT2D eigenvalue weighted by Crippen LogP contribution is 2.24. The van der Waals surface area contributed by atoms with Crippen molar-refractivity contribution in [3.05, 3.63) is 17.3 Å². The molecule has 0 amide bonds. The van der Waals surface area contributed by atoms with E-state index >= 15 is 0 Å². The molecule has 0 unspecified atom stereocenters. The number of anilines is 2. The maximum Gasteiger partial charge on any atom is 0.147 e. The van der Waals surface area contributed by atoms with Gasteiger partial charge in [0.05, 0.1) is 16.9 Å². The molecule has 5 heteroatoms. The molecule has 1 rings (SSSR count). The van der Waals surface area contributed by atoms with E-state index in [1.54, 1.807) is 12.3 Å². The zero-order valence-electron chi connectivity index (χ0n) is 8.78. The van der Waals surface area contributed by atoms with Crippen molar-refractivity contribution in [2.24, 2.45) is 0 Å². The number of halogens is 1. The number of aliphatic hydroxyl groups is 1. The van der Waals surface area contributed by atoms with Crippen LogP contribution in [0.15, 0.2) is 12.3 Å². The van der Waals surface area contributed by atoms with Crippen LogP contribution in [0.1, 0.15) is 13.3 Å². The molecule has 0 fully saturated rings. The van der Waals surface area contributed by atoms with Crippen LogP contribution >= 0.6 is 11.6 Å². The van der Waals surface area contributed by atoms with Crippen molar-refractivity contribution in [1.29, 1.82) is 0 Å². The Kier molecular flexibility index (Phi) is 4.65. The highest BCUT2D eigenvalue weighted by molar-refractivity contribution is 6.33. The van der Waals surface area contributed by atoms with Crippen LogP contribution < -0.4 is 10.6 Å². The first-order valence-electron chi connectivity index (χ1n) is 4.95. The molecule has 84 valence electrons. The summed E-state index contributed by atoms with van der Waals surface area (Å²) in [7, 11) is 0. The normalized spacial score (nSPS) is 10.3. The quantitative estimate of drug-likeness (QED) is 0.804. The Morgan fingerprint density at radius 1 is 1.60 bits per heavy atom. The molecule has 0 aliphatic carbocycles. The summed E-state index contributed by atoms with van der Waals surface area (Å²) < 4.78 is 0. The Morgan fingerprint density at radius 3 is 2.87 bits per heavy atom. The van der Waals surface area contributed by atoms with Gasteiger partial charge in [0, 0.05) is 19.7 Å². The topological polar surface area (TPSA) is 62.4 Å². The molecule has 1 aromatic rings. The average Bonchev–Trinajstić information content (AvgIpc) is 2.21. The van der Waals surface area contributed by atoms with Crippen LogP contribution in [-0.4, -0.2) is 29.8 Å². The van der Waals surface area contributed by atoms with Gasteiger partial charge in [-0.2, -0.15) is 0 Å². The van der Waals surface area contributed by atoms with E-state index in [0.29, 0.717) is 17.1 Å². The number of pyridine rings is 1. The number of nitrogens with zero attached hydrogens (tertiary/aromatic N) is 2. The summed E-state index contributed by atoms with van der Waals surface area (Å²) in [5.74, 6) is 0.724. The number of nitrogen functional groups attached to an aromatic ring is 1.